The monoisotopic (exact) mass is 373 g/mol. The fraction of sp³-hybridized carbons (Fsp3) is 0.421. The summed E-state index contributed by atoms with van der Waals surface area (Å²) < 4.78 is 0. The first-order valence-corrected chi connectivity index (χ1v) is 9.60. The highest BCUT2D eigenvalue weighted by atomic mass is 32.1. The van der Waals surface area contributed by atoms with Gasteiger partial charge in [-0.3, -0.25) is 14.5 Å². The van der Waals surface area contributed by atoms with Crippen LogP contribution in [0.25, 0.3) is 0 Å². The Kier molecular flexibility index (Phi) is 6.00. The Morgan fingerprint density at radius 3 is 3.00 bits per heavy atom. The number of likely N-dealkylation sites (tertiary alicyclic amines) is 1. The molecule has 1 saturated heterocycles. The van der Waals surface area contributed by atoms with Crippen molar-refractivity contribution in [3.8, 4) is 0 Å². The van der Waals surface area contributed by atoms with Gasteiger partial charge in [-0.15, -0.1) is 11.3 Å². The van der Waals surface area contributed by atoms with Crippen molar-refractivity contribution < 1.29 is 14.7 Å². The van der Waals surface area contributed by atoms with Crippen LogP contribution in [0.2, 0.25) is 0 Å². The number of aryl methyl sites for hydroxylation is 1. The molecule has 6 nitrogen and oxygen atoms in total. The van der Waals surface area contributed by atoms with Crippen molar-refractivity contribution in [1.29, 1.82) is 0 Å². The van der Waals surface area contributed by atoms with Crippen LogP contribution < -0.4 is 5.32 Å². The van der Waals surface area contributed by atoms with Gasteiger partial charge < -0.3 is 10.4 Å². The molecule has 1 aliphatic heterocycles. The van der Waals surface area contributed by atoms with Gasteiger partial charge >= 0.3 is 5.97 Å². The predicted octanol–water partition coefficient (Wildman–Crippen LogP) is 2.92. The molecule has 138 valence electrons. The van der Waals surface area contributed by atoms with Crippen molar-refractivity contribution >= 4 is 28.3 Å². The molecule has 1 atom stereocenters. The Balaban J connectivity index is 1.56. The van der Waals surface area contributed by atoms with E-state index >= 15 is 0 Å². The molecule has 7 heteroatoms. The SMILES string of the molecule is Cc1cccc(Cc2cnc(NC(=O)CN3CCCCC3C(=O)O)s2)c1. The van der Waals surface area contributed by atoms with Crippen LogP contribution in [-0.2, 0) is 16.0 Å². The Morgan fingerprint density at radius 2 is 2.23 bits per heavy atom. The van der Waals surface area contributed by atoms with Gasteiger partial charge in [-0.05, 0) is 31.9 Å². The maximum absolute atomic E-state index is 12.3. The molecule has 1 unspecified atom stereocenters. The summed E-state index contributed by atoms with van der Waals surface area (Å²) in [5.74, 6) is -1.07. The van der Waals surface area contributed by atoms with Crippen LogP contribution in [0.1, 0.15) is 35.3 Å². The normalized spacial score (nSPS) is 17.8. The minimum absolute atomic E-state index is 0.0871. The number of hydrogen-bond acceptors (Lipinski definition) is 5. The van der Waals surface area contributed by atoms with Crippen molar-refractivity contribution in [2.75, 3.05) is 18.4 Å². The van der Waals surface area contributed by atoms with Crippen molar-refractivity contribution in [2.45, 2.75) is 38.6 Å². The highest BCUT2D eigenvalue weighted by Crippen LogP contribution is 2.22. The molecular weight excluding hydrogens is 350 g/mol. The fourth-order valence-electron chi connectivity index (χ4n) is 3.27. The van der Waals surface area contributed by atoms with Gasteiger partial charge in [-0.1, -0.05) is 36.2 Å². The van der Waals surface area contributed by atoms with E-state index in [0.717, 1.165) is 24.1 Å². The zero-order valence-electron chi connectivity index (χ0n) is 14.8. The van der Waals surface area contributed by atoms with Gasteiger partial charge in [0.05, 0.1) is 6.54 Å². The zero-order valence-corrected chi connectivity index (χ0v) is 15.6. The van der Waals surface area contributed by atoms with Gasteiger partial charge in [-0.25, -0.2) is 4.98 Å². The van der Waals surface area contributed by atoms with Crippen molar-refractivity contribution in [3.05, 3.63) is 46.5 Å². The lowest BCUT2D eigenvalue weighted by molar-refractivity contribution is -0.145. The Hall–Kier alpha value is -2.25. The van der Waals surface area contributed by atoms with E-state index in [0.29, 0.717) is 18.1 Å². The number of amides is 1. The van der Waals surface area contributed by atoms with E-state index < -0.39 is 12.0 Å². The number of anilines is 1. The number of rotatable bonds is 6. The van der Waals surface area contributed by atoms with Crippen molar-refractivity contribution in [2.24, 2.45) is 0 Å². The highest BCUT2D eigenvalue weighted by molar-refractivity contribution is 7.15. The number of thiazole rings is 1. The summed E-state index contributed by atoms with van der Waals surface area (Å²) in [7, 11) is 0. The summed E-state index contributed by atoms with van der Waals surface area (Å²) in [5, 5.41) is 12.6. The molecule has 26 heavy (non-hydrogen) atoms. The van der Waals surface area contributed by atoms with Crippen LogP contribution in [0.5, 0.6) is 0 Å². The van der Waals surface area contributed by atoms with Crippen molar-refractivity contribution in [1.82, 2.24) is 9.88 Å². The Labute approximate surface area is 156 Å². The molecule has 1 fully saturated rings. The third kappa shape index (κ3) is 4.89. The summed E-state index contributed by atoms with van der Waals surface area (Å²) in [6.45, 7) is 2.79. The summed E-state index contributed by atoms with van der Waals surface area (Å²) >= 11 is 1.45. The maximum atomic E-state index is 12.3. The largest absolute Gasteiger partial charge is 0.480 e. The summed E-state index contributed by atoms with van der Waals surface area (Å²) in [4.78, 5) is 30.7. The minimum Gasteiger partial charge on any atom is -0.480 e. The van der Waals surface area contributed by atoms with Gasteiger partial charge in [0.1, 0.15) is 6.04 Å². The molecular formula is C19H23N3O3S. The first-order chi connectivity index (χ1) is 12.5. The highest BCUT2D eigenvalue weighted by Gasteiger charge is 2.29. The second kappa shape index (κ2) is 8.42. The number of nitrogens with zero attached hydrogens (tertiary/aromatic N) is 2. The van der Waals surface area contributed by atoms with E-state index in [9.17, 15) is 14.7 Å². The first-order valence-electron chi connectivity index (χ1n) is 8.78. The van der Waals surface area contributed by atoms with Gasteiger partial charge in [0, 0.05) is 17.5 Å². The van der Waals surface area contributed by atoms with E-state index in [1.54, 1.807) is 11.1 Å². The first kappa shape index (κ1) is 18.5. The minimum atomic E-state index is -0.854. The van der Waals surface area contributed by atoms with Crippen molar-refractivity contribution in [3.63, 3.8) is 0 Å². The number of carboxylic acid groups (broad SMARTS) is 1. The number of aliphatic carboxylic acids is 1. The third-order valence-electron chi connectivity index (χ3n) is 4.51. The molecule has 0 bridgehead atoms. The van der Waals surface area contributed by atoms with E-state index in [-0.39, 0.29) is 12.5 Å². The molecule has 0 spiro atoms. The second-order valence-electron chi connectivity index (χ2n) is 6.67. The summed E-state index contributed by atoms with van der Waals surface area (Å²) in [6, 6.07) is 7.74. The molecule has 1 aromatic carbocycles. The Bertz CT molecular complexity index is 790. The predicted molar refractivity (Wildman–Crippen MR) is 102 cm³/mol. The summed E-state index contributed by atoms with van der Waals surface area (Å²) in [6.07, 6.45) is 4.98. The van der Waals surface area contributed by atoms with Gasteiger partial charge in [0.25, 0.3) is 0 Å². The number of benzene rings is 1. The van der Waals surface area contributed by atoms with Crippen LogP contribution >= 0.6 is 11.3 Å². The lowest BCUT2D eigenvalue weighted by atomic mass is 10.0. The van der Waals surface area contributed by atoms with Crippen LogP contribution in [0.3, 0.4) is 0 Å². The van der Waals surface area contributed by atoms with Gasteiger partial charge in [0.15, 0.2) is 5.13 Å². The number of carbonyl (C=O) groups excluding carboxylic acids is 1. The standard InChI is InChI=1S/C19H23N3O3S/c1-13-5-4-6-14(9-13)10-15-11-20-19(26-15)21-17(23)12-22-8-3-2-7-16(22)18(24)25/h4-6,9,11,16H,2-3,7-8,10,12H2,1H3,(H,24,25)(H,20,21,23). The van der Waals surface area contributed by atoms with E-state index in [2.05, 4.69) is 35.4 Å². The van der Waals surface area contributed by atoms with Crippen LogP contribution in [0.4, 0.5) is 5.13 Å². The zero-order chi connectivity index (χ0) is 18.5. The number of carbonyl (C=O) groups is 2. The number of aromatic nitrogens is 1. The lowest BCUT2D eigenvalue weighted by Gasteiger charge is -2.31. The number of hydrogen-bond donors (Lipinski definition) is 2. The fourth-order valence-corrected chi connectivity index (χ4v) is 4.14. The topological polar surface area (TPSA) is 82.5 Å². The average molecular weight is 373 g/mol. The molecule has 3 rings (SSSR count). The number of nitrogens with one attached hydrogen (secondary N) is 1. The quantitative estimate of drug-likeness (QED) is 0.813. The average Bonchev–Trinajstić information content (AvgIpc) is 3.01. The smallest absolute Gasteiger partial charge is 0.320 e. The van der Waals surface area contributed by atoms with E-state index in [4.69, 9.17) is 0 Å². The summed E-state index contributed by atoms with van der Waals surface area (Å²) in [5.41, 5.74) is 2.43. The molecule has 2 heterocycles. The molecule has 1 amide bonds. The molecule has 0 radical (unpaired) electrons. The molecule has 0 aliphatic carbocycles. The molecule has 2 aromatic rings. The van der Waals surface area contributed by atoms with Gasteiger partial charge in [0.2, 0.25) is 5.91 Å². The molecule has 0 saturated carbocycles. The van der Waals surface area contributed by atoms with Crippen LogP contribution in [0, 0.1) is 6.92 Å². The van der Waals surface area contributed by atoms with Crippen LogP contribution in [-0.4, -0.2) is 46.0 Å². The molecule has 1 aromatic heterocycles. The van der Waals surface area contributed by atoms with E-state index in [1.165, 1.54) is 22.5 Å². The third-order valence-corrected chi connectivity index (χ3v) is 5.42. The Morgan fingerprint density at radius 1 is 1.38 bits per heavy atom. The lowest BCUT2D eigenvalue weighted by Crippen LogP contribution is -2.47. The van der Waals surface area contributed by atoms with Gasteiger partial charge in [-0.2, -0.15) is 0 Å². The number of carboxylic acids is 1. The van der Waals surface area contributed by atoms with Crippen LogP contribution in [0.15, 0.2) is 30.5 Å². The molecule has 1 aliphatic rings. The second-order valence-corrected chi connectivity index (χ2v) is 7.78. The van der Waals surface area contributed by atoms with E-state index in [1.807, 2.05) is 6.07 Å². The number of piperidine rings is 1. The maximum Gasteiger partial charge on any atom is 0.320 e. The molecule has 2 N–H and O–H groups in total.